The lowest BCUT2D eigenvalue weighted by Gasteiger charge is -2.31. The van der Waals surface area contributed by atoms with Gasteiger partial charge in [-0.25, -0.2) is 8.42 Å². The third kappa shape index (κ3) is 4.09. The van der Waals surface area contributed by atoms with Crippen LogP contribution in [0, 0.1) is 20.8 Å². The van der Waals surface area contributed by atoms with Gasteiger partial charge in [-0.15, -0.1) is 0 Å². The quantitative estimate of drug-likeness (QED) is 0.805. The van der Waals surface area contributed by atoms with E-state index < -0.39 is 10.0 Å². The monoisotopic (exact) mass is 390 g/mol. The van der Waals surface area contributed by atoms with E-state index in [2.05, 4.69) is 0 Å². The Morgan fingerprint density at radius 3 is 2.30 bits per heavy atom. The number of sulfonamides is 1. The summed E-state index contributed by atoms with van der Waals surface area (Å²) in [4.78, 5) is 12.3. The van der Waals surface area contributed by atoms with Crippen molar-refractivity contribution in [3.8, 4) is 5.75 Å². The molecule has 0 N–H and O–H groups in total. The van der Waals surface area contributed by atoms with Crippen LogP contribution >= 0.6 is 0 Å². The van der Waals surface area contributed by atoms with Crippen LogP contribution in [0.1, 0.15) is 29.7 Å². The largest absolute Gasteiger partial charge is 0.490 e. The van der Waals surface area contributed by atoms with Gasteiger partial charge in [0.15, 0.2) is 0 Å². The van der Waals surface area contributed by atoms with Gasteiger partial charge in [-0.1, -0.05) is 17.7 Å². The van der Waals surface area contributed by atoms with Crippen molar-refractivity contribution in [2.45, 2.75) is 44.6 Å². The lowest BCUT2D eigenvalue weighted by molar-refractivity contribution is 0.134. The molecule has 3 rings (SSSR count). The fourth-order valence-electron chi connectivity index (χ4n) is 3.42. The van der Waals surface area contributed by atoms with Crippen LogP contribution in [0.5, 0.6) is 5.75 Å². The Labute approximate surface area is 160 Å². The third-order valence-corrected chi connectivity index (χ3v) is 7.19. The molecule has 2 heterocycles. The van der Waals surface area contributed by atoms with Gasteiger partial charge >= 0.3 is 0 Å². The van der Waals surface area contributed by atoms with Gasteiger partial charge in [0, 0.05) is 31.9 Å². The molecule has 0 aliphatic carbocycles. The van der Waals surface area contributed by atoms with Gasteiger partial charge in [-0.05, 0) is 51.3 Å². The van der Waals surface area contributed by atoms with Gasteiger partial charge in [0.2, 0.25) is 10.0 Å². The standard InChI is InChI=1S/C20H26N2O4S/c1-14-5-6-19(15(2)11-14)27(24,25)22-9-7-17(8-10-22)26-18-12-16(3)21(4)20(23)13-18/h5-6,11-13,17H,7-10H2,1-4H3. The number of nitrogens with zero attached hydrogens (tertiary/aromatic N) is 2. The van der Waals surface area contributed by atoms with Crippen LogP contribution in [0.3, 0.4) is 0 Å². The maximum atomic E-state index is 13.0. The van der Waals surface area contributed by atoms with Gasteiger partial charge in [-0.2, -0.15) is 4.31 Å². The summed E-state index contributed by atoms with van der Waals surface area (Å²) in [5.74, 6) is 0.547. The first kappa shape index (κ1) is 19.6. The molecule has 1 aromatic carbocycles. The molecule has 1 aromatic heterocycles. The van der Waals surface area contributed by atoms with Crippen LogP contribution in [-0.2, 0) is 17.1 Å². The molecule has 7 heteroatoms. The summed E-state index contributed by atoms with van der Waals surface area (Å²) in [7, 11) is -1.78. The number of rotatable bonds is 4. The van der Waals surface area contributed by atoms with E-state index in [4.69, 9.17) is 4.74 Å². The van der Waals surface area contributed by atoms with Crippen molar-refractivity contribution in [2.75, 3.05) is 13.1 Å². The Balaban J connectivity index is 1.69. The second-order valence-corrected chi connectivity index (χ2v) is 9.13. The Morgan fingerprint density at radius 2 is 1.70 bits per heavy atom. The van der Waals surface area contributed by atoms with Gasteiger partial charge in [0.25, 0.3) is 5.56 Å². The van der Waals surface area contributed by atoms with Crippen molar-refractivity contribution in [1.82, 2.24) is 8.87 Å². The number of piperidine rings is 1. The van der Waals surface area contributed by atoms with E-state index in [0.717, 1.165) is 16.8 Å². The van der Waals surface area contributed by atoms with Crippen molar-refractivity contribution in [3.63, 3.8) is 0 Å². The van der Waals surface area contributed by atoms with E-state index in [-0.39, 0.29) is 11.7 Å². The van der Waals surface area contributed by atoms with E-state index in [1.807, 2.05) is 39.0 Å². The van der Waals surface area contributed by atoms with E-state index in [9.17, 15) is 13.2 Å². The normalized spacial score (nSPS) is 16.4. The predicted octanol–water partition coefficient (Wildman–Crippen LogP) is 2.54. The minimum Gasteiger partial charge on any atom is -0.490 e. The molecule has 1 fully saturated rings. The number of ether oxygens (including phenoxy) is 1. The smallest absolute Gasteiger partial charge is 0.254 e. The minimum atomic E-state index is -3.50. The highest BCUT2D eigenvalue weighted by Gasteiger charge is 2.31. The zero-order chi connectivity index (χ0) is 19.8. The molecule has 0 unspecified atom stereocenters. The Hall–Kier alpha value is -2.12. The van der Waals surface area contributed by atoms with Crippen molar-refractivity contribution < 1.29 is 13.2 Å². The molecule has 0 saturated carbocycles. The molecule has 27 heavy (non-hydrogen) atoms. The molecule has 1 aliphatic heterocycles. The van der Waals surface area contributed by atoms with Gasteiger partial charge in [0.05, 0.1) is 4.90 Å². The zero-order valence-corrected chi connectivity index (χ0v) is 17.0. The van der Waals surface area contributed by atoms with Crippen LogP contribution < -0.4 is 10.3 Å². The topological polar surface area (TPSA) is 68.6 Å². The number of aryl methyl sites for hydroxylation is 3. The molecule has 0 radical (unpaired) electrons. The number of hydrogen-bond donors (Lipinski definition) is 0. The van der Waals surface area contributed by atoms with Crippen LogP contribution in [-0.4, -0.2) is 36.5 Å². The first-order chi connectivity index (χ1) is 12.7. The predicted molar refractivity (Wildman–Crippen MR) is 105 cm³/mol. The summed E-state index contributed by atoms with van der Waals surface area (Å²) in [6.45, 7) is 6.44. The summed E-state index contributed by atoms with van der Waals surface area (Å²) in [5.41, 5.74) is 2.53. The van der Waals surface area contributed by atoms with Crippen LogP contribution in [0.15, 0.2) is 40.0 Å². The van der Waals surface area contributed by atoms with Crippen LogP contribution in [0.25, 0.3) is 0 Å². The molecular weight excluding hydrogens is 364 g/mol. The molecule has 0 atom stereocenters. The number of pyridine rings is 1. The van der Waals surface area contributed by atoms with Crippen molar-refractivity contribution >= 4 is 10.0 Å². The molecule has 146 valence electrons. The minimum absolute atomic E-state index is 0.0953. The van der Waals surface area contributed by atoms with Crippen molar-refractivity contribution in [1.29, 1.82) is 0 Å². The molecule has 0 amide bonds. The second kappa shape index (κ2) is 7.48. The second-order valence-electron chi connectivity index (χ2n) is 7.22. The summed E-state index contributed by atoms with van der Waals surface area (Å²) >= 11 is 0. The van der Waals surface area contributed by atoms with E-state index in [0.29, 0.717) is 36.6 Å². The summed E-state index contributed by atoms with van der Waals surface area (Å²) in [6.07, 6.45) is 1.10. The molecular formula is C20H26N2O4S. The highest BCUT2D eigenvalue weighted by atomic mass is 32.2. The maximum Gasteiger partial charge on any atom is 0.254 e. The van der Waals surface area contributed by atoms with Crippen molar-refractivity contribution in [3.05, 3.63) is 57.5 Å². The van der Waals surface area contributed by atoms with E-state index in [1.54, 1.807) is 17.7 Å². The van der Waals surface area contributed by atoms with Gasteiger partial charge < -0.3 is 9.30 Å². The SMILES string of the molecule is Cc1ccc(S(=O)(=O)N2CCC(Oc3cc(C)n(C)c(=O)c3)CC2)c(C)c1. The lowest BCUT2D eigenvalue weighted by Crippen LogP contribution is -2.42. The number of aromatic nitrogens is 1. The Bertz CT molecular complexity index is 1000. The van der Waals surface area contributed by atoms with Crippen LogP contribution in [0.2, 0.25) is 0 Å². The molecule has 1 saturated heterocycles. The fraction of sp³-hybridized carbons (Fsp3) is 0.450. The Kier molecular flexibility index (Phi) is 5.44. The third-order valence-electron chi connectivity index (χ3n) is 5.13. The number of hydrogen-bond acceptors (Lipinski definition) is 4. The molecule has 0 bridgehead atoms. The molecule has 0 spiro atoms. The van der Waals surface area contributed by atoms with Gasteiger partial charge in [-0.3, -0.25) is 4.79 Å². The summed E-state index contributed by atoms with van der Waals surface area (Å²) in [6, 6.07) is 8.71. The summed E-state index contributed by atoms with van der Waals surface area (Å²) in [5, 5.41) is 0. The van der Waals surface area contributed by atoms with E-state index in [1.165, 1.54) is 10.4 Å². The van der Waals surface area contributed by atoms with Gasteiger partial charge in [0.1, 0.15) is 11.9 Å². The average Bonchev–Trinajstić information content (AvgIpc) is 2.59. The number of benzene rings is 1. The molecule has 2 aromatic rings. The zero-order valence-electron chi connectivity index (χ0n) is 16.2. The van der Waals surface area contributed by atoms with Crippen LogP contribution in [0.4, 0.5) is 0 Å². The summed E-state index contributed by atoms with van der Waals surface area (Å²) < 4.78 is 34.9. The van der Waals surface area contributed by atoms with E-state index >= 15 is 0 Å². The maximum absolute atomic E-state index is 13.0. The molecule has 1 aliphatic rings. The first-order valence-corrected chi connectivity index (χ1v) is 10.5. The highest BCUT2D eigenvalue weighted by molar-refractivity contribution is 7.89. The Morgan fingerprint density at radius 1 is 1.04 bits per heavy atom. The van der Waals surface area contributed by atoms with Crippen molar-refractivity contribution in [2.24, 2.45) is 7.05 Å². The first-order valence-electron chi connectivity index (χ1n) is 9.10. The molecule has 6 nitrogen and oxygen atoms in total. The lowest BCUT2D eigenvalue weighted by atomic mass is 10.1. The fourth-order valence-corrected chi connectivity index (χ4v) is 5.09. The average molecular weight is 391 g/mol. The highest BCUT2D eigenvalue weighted by Crippen LogP contribution is 2.25.